The summed E-state index contributed by atoms with van der Waals surface area (Å²) in [5.41, 5.74) is 0. The maximum absolute atomic E-state index is 11.1. The number of nitrogens with two attached hydrogens (primary N) is 1. The zero-order valence-corrected chi connectivity index (χ0v) is 4.29. The van der Waals surface area contributed by atoms with Gasteiger partial charge in [-0.2, -0.15) is 18.3 Å². The molecule has 0 radical (unpaired) electrons. The SMILES string of the molecule is NN=C(Cl)C(F)(F)F. The van der Waals surface area contributed by atoms with Crippen molar-refractivity contribution in [2.75, 3.05) is 0 Å². The van der Waals surface area contributed by atoms with Crippen LogP contribution in [-0.2, 0) is 0 Å². The predicted molar refractivity (Wildman–Crippen MR) is 23.5 cm³/mol. The maximum Gasteiger partial charge on any atom is 0.446 e. The lowest BCUT2D eigenvalue weighted by atomic mass is 10.7. The van der Waals surface area contributed by atoms with Crippen LogP contribution in [0.15, 0.2) is 5.10 Å². The van der Waals surface area contributed by atoms with Crippen molar-refractivity contribution in [3.8, 4) is 0 Å². The van der Waals surface area contributed by atoms with Gasteiger partial charge < -0.3 is 5.84 Å². The van der Waals surface area contributed by atoms with E-state index < -0.39 is 11.3 Å². The Morgan fingerprint density at radius 2 is 1.88 bits per heavy atom. The molecule has 0 spiro atoms. The minimum atomic E-state index is -4.60. The van der Waals surface area contributed by atoms with Crippen LogP contribution in [0.5, 0.6) is 0 Å². The Bertz CT molecular complexity index is 106. The van der Waals surface area contributed by atoms with Gasteiger partial charge in [0.15, 0.2) is 0 Å². The summed E-state index contributed by atoms with van der Waals surface area (Å²) in [5.74, 6) is 4.19. The topological polar surface area (TPSA) is 38.4 Å². The maximum atomic E-state index is 11.1. The van der Waals surface area contributed by atoms with E-state index in [2.05, 4.69) is 22.5 Å². The van der Waals surface area contributed by atoms with Crippen molar-refractivity contribution in [2.24, 2.45) is 10.9 Å². The summed E-state index contributed by atoms with van der Waals surface area (Å²) >= 11 is 4.44. The van der Waals surface area contributed by atoms with Gasteiger partial charge in [-0.15, -0.1) is 0 Å². The molecule has 2 N–H and O–H groups in total. The number of alkyl halides is 3. The van der Waals surface area contributed by atoms with Crippen LogP contribution in [0.4, 0.5) is 13.2 Å². The van der Waals surface area contributed by atoms with Crippen LogP contribution in [0.3, 0.4) is 0 Å². The molecule has 0 unspecified atom stereocenters. The van der Waals surface area contributed by atoms with Crippen LogP contribution in [0.25, 0.3) is 0 Å². The quantitative estimate of drug-likeness (QED) is 0.310. The van der Waals surface area contributed by atoms with E-state index in [-0.39, 0.29) is 0 Å². The zero-order valence-electron chi connectivity index (χ0n) is 3.54. The first kappa shape index (κ1) is 7.55. The first-order valence-electron chi connectivity index (χ1n) is 1.49. The molecule has 0 aromatic rings. The van der Waals surface area contributed by atoms with Crippen LogP contribution in [0.2, 0.25) is 0 Å². The van der Waals surface area contributed by atoms with Crippen molar-refractivity contribution in [1.29, 1.82) is 0 Å². The van der Waals surface area contributed by atoms with Gasteiger partial charge >= 0.3 is 6.18 Å². The normalized spacial score (nSPS) is 14.2. The van der Waals surface area contributed by atoms with Crippen molar-refractivity contribution in [2.45, 2.75) is 6.18 Å². The minimum absolute atomic E-state index is 1.54. The number of rotatable bonds is 0. The molecule has 0 atom stereocenters. The molecule has 0 saturated carbocycles. The molecule has 0 aromatic carbocycles. The van der Waals surface area contributed by atoms with E-state index in [9.17, 15) is 13.2 Å². The smallest absolute Gasteiger partial charge is 0.322 e. The van der Waals surface area contributed by atoms with Gasteiger partial charge in [-0.25, -0.2) is 0 Å². The monoisotopic (exact) mass is 146 g/mol. The van der Waals surface area contributed by atoms with Crippen molar-refractivity contribution in [3.05, 3.63) is 0 Å². The molecule has 0 bridgehead atoms. The Labute approximate surface area is 48.1 Å². The van der Waals surface area contributed by atoms with E-state index in [1.807, 2.05) is 0 Å². The second-order valence-electron chi connectivity index (χ2n) is 0.918. The highest BCUT2D eigenvalue weighted by atomic mass is 35.5. The van der Waals surface area contributed by atoms with E-state index in [1.54, 1.807) is 0 Å². The molecule has 0 fully saturated rings. The first-order chi connectivity index (χ1) is 3.48. The van der Waals surface area contributed by atoms with Crippen molar-refractivity contribution in [1.82, 2.24) is 0 Å². The first-order valence-corrected chi connectivity index (χ1v) is 1.87. The Balaban J connectivity index is 4.03. The summed E-state index contributed by atoms with van der Waals surface area (Å²) in [5, 5.41) is 0.673. The molecule has 0 aliphatic carbocycles. The van der Waals surface area contributed by atoms with Gasteiger partial charge in [0.2, 0.25) is 5.17 Å². The molecule has 2 nitrogen and oxygen atoms in total. The van der Waals surface area contributed by atoms with E-state index in [0.29, 0.717) is 0 Å². The van der Waals surface area contributed by atoms with Gasteiger partial charge in [0.25, 0.3) is 0 Å². The van der Waals surface area contributed by atoms with E-state index in [4.69, 9.17) is 0 Å². The average molecular weight is 146 g/mol. The lowest BCUT2D eigenvalue weighted by Gasteiger charge is -1.98. The number of hydrazone groups is 1. The number of nitrogens with zero attached hydrogens (tertiary/aromatic N) is 1. The van der Waals surface area contributed by atoms with Gasteiger partial charge in [0.05, 0.1) is 0 Å². The van der Waals surface area contributed by atoms with Crippen molar-refractivity contribution >= 4 is 16.8 Å². The molecular weight excluding hydrogens is 144 g/mol. The van der Waals surface area contributed by atoms with Gasteiger partial charge in [-0.05, 0) is 0 Å². The Morgan fingerprint density at radius 1 is 1.50 bits per heavy atom. The molecule has 0 aliphatic rings. The highest BCUT2D eigenvalue weighted by Crippen LogP contribution is 2.18. The summed E-state index contributed by atoms with van der Waals surface area (Å²) in [6.07, 6.45) is -4.60. The fourth-order valence-corrected chi connectivity index (χ4v) is 0.0732. The van der Waals surface area contributed by atoms with E-state index in [0.717, 1.165) is 0 Å². The molecule has 6 heteroatoms. The van der Waals surface area contributed by atoms with Gasteiger partial charge in [0, 0.05) is 0 Å². The zero-order chi connectivity index (χ0) is 6.78. The fraction of sp³-hybridized carbons (Fsp3) is 0.500. The van der Waals surface area contributed by atoms with Crippen LogP contribution >= 0.6 is 11.6 Å². The number of halogens is 4. The molecule has 0 saturated heterocycles. The molecule has 8 heavy (non-hydrogen) atoms. The van der Waals surface area contributed by atoms with Crippen LogP contribution in [-0.4, -0.2) is 11.3 Å². The number of hydrogen-bond donors (Lipinski definition) is 1. The van der Waals surface area contributed by atoms with Crippen LogP contribution in [0, 0.1) is 0 Å². The summed E-state index contributed by atoms with van der Waals surface area (Å²) in [6, 6.07) is 0. The second kappa shape index (κ2) is 2.21. The Morgan fingerprint density at radius 3 is 1.88 bits per heavy atom. The molecular formula is C2H2ClF3N2. The van der Waals surface area contributed by atoms with E-state index >= 15 is 0 Å². The second-order valence-corrected chi connectivity index (χ2v) is 1.28. The third kappa shape index (κ3) is 2.02. The molecule has 0 rings (SSSR count). The van der Waals surface area contributed by atoms with Gasteiger partial charge in [0.1, 0.15) is 0 Å². The standard InChI is InChI=1S/C2H2ClF3N2/c3-1(8-7)2(4,5)6/h7H2. The summed E-state index contributed by atoms with van der Waals surface area (Å²) < 4.78 is 33.3. The minimum Gasteiger partial charge on any atom is -0.322 e. The highest BCUT2D eigenvalue weighted by Gasteiger charge is 2.34. The van der Waals surface area contributed by atoms with Crippen molar-refractivity contribution < 1.29 is 13.2 Å². The summed E-state index contributed by atoms with van der Waals surface area (Å²) in [6.45, 7) is 0. The molecule has 0 heterocycles. The predicted octanol–water partition coefficient (Wildman–Crippen LogP) is 1.06. The average Bonchev–Trinajstić information content (AvgIpc) is 1.62. The third-order valence-electron chi connectivity index (χ3n) is 0.347. The van der Waals surface area contributed by atoms with Crippen LogP contribution < -0.4 is 5.84 Å². The van der Waals surface area contributed by atoms with Crippen LogP contribution in [0.1, 0.15) is 0 Å². The van der Waals surface area contributed by atoms with Gasteiger partial charge in [-0.3, -0.25) is 0 Å². The van der Waals surface area contributed by atoms with Crippen molar-refractivity contribution in [3.63, 3.8) is 0 Å². The molecule has 0 aliphatic heterocycles. The summed E-state index contributed by atoms with van der Waals surface area (Å²) in [7, 11) is 0. The highest BCUT2D eigenvalue weighted by molar-refractivity contribution is 6.66. The Hall–Kier alpha value is -0.450. The molecule has 0 amide bonds. The number of hydrogen-bond acceptors (Lipinski definition) is 2. The fourth-order valence-electron chi connectivity index (χ4n) is 0.0732. The summed E-state index contributed by atoms with van der Waals surface area (Å²) in [4.78, 5) is 0. The molecule has 0 aromatic heterocycles. The third-order valence-corrected chi connectivity index (χ3v) is 0.659. The Kier molecular flexibility index (Phi) is 2.09. The lowest BCUT2D eigenvalue weighted by molar-refractivity contribution is -0.0560. The van der Waals surface area contributed by atoms with E-state index in [1.165, 1.54) is 0 Å². The van der Waals surface area contributed by atoms with Gasteiger partial charge in [-0.1, -0.05) is 11.6 Å². The lowest BCUT2D eigenvalue weighted by Crippen LogP contribution is -2.18. The largest absolute Gasteiger partial charge is 0.446 e. The molecule has 48 valence electrons.